The molecule has 3 rings (SSSR count). The quantitative estimate of drug-likeness (QED) is 0.715. The van der Waals surface area contributed by atoms with Crippen LogP contribution in [0.5, 0.6) is 0 Å². The van der Waals surface area contributed by atoms with Gasteiger partial charge in [0.15, 0.2) is 5.01 Å². The van der Waals surface area contributed by atoms with Gasteiger partial charge in [-0.25, -0.2) is 18.2 Å². The average molecular weight is 384 g/mol. The molecule has 2 aromatic heterocycles. The van der Waals surface area contributed by atoms with Gasteiger partial charge in [0.25, 0.3) is 12.3 Å². The number of carbonyl (C=O) groups is 1. The fourth-order valence-electron chi connectivity index (χ4n) is 2.04. The minimum Gasteiger partial charge on any atom is -0.296 e. The minimum atomic E-state index is -2.73. The summed E-state index contributed by atoms with van der Waals surface area (Å²) in [5.41, 5.74) is 1.39. The van der Waals surface area contributed by atoms with Crippen LogP contribution < -0.4 is 5.32 Å². The number of nitrogens with one attached hydrogen (secondary N) is 1. The van der Waals surface area contributed by atoms with Gasteiger partial charge in [-0.05, 0) is 24.6 Å². The van der Waals surface area contributed by atoms with Crippen molar-refractivity contribution >= 4 is 33.7 Å². The van der Waals surface area contributed by atoms with Crippen LogP contribution >= 0.6 is 22.7 Å². The molecule has 0 atom stereocenters. The van der Waals surface area contributed by atoms with Gasteiger partial charge in [0.1, 0.15) is 10.7 Å². The lowest BCUT2D eigenvalue weighted by molar-refractivity contribution is 0.102. The van der Waals surface area contributed by atoms with E-state index in [2.05, 4.69) is 20.5 Å². The van der Waals surface area contributed by atoms with E-state index in [1.807, 2.05) is 0 Å². The number of alkyl halides is 2. The summed E-state index contributed by atoms with van der Waals surface area (Å²) in [6.45, 7) is 1.68. The SMILES string of the molecule is Cc1nc(Cc2ccc(F)cc2)sc1C(=O)Nc1nnc(C(F)F)s1. The monoisotopic (exact) mass is 384 g/mol. The largest absolute Gasteiger partial charge is 0.296 e. The number of halogens is 3. The molecular formula is C15H11F3N4OS2. The highest BCUT2D eigenvalue weighted by molar-refractivity contribution is 7.16. The van der Waals surface area contributed by atoms with E-state index >= 15 is 0 Å². The molecule has 0 bridgehead atoms. The molecular weight excluding hydrogens is 373 g/mol. The molecule has 0 radical (unpaired) electrons. The van der Waals surface area contributed by atoms with E-state index in [1.54, 1.807) is 19.1 Å². The van der Waals surface area contributed by atoms with Crippen LogP contribution in [0.15, 0.2) is 24.3 Å². The molecule has 0 aliphatic rings. The summed E-state index contributed by atoms with van der Waals surface area (Å²) < 4.78 is 37.9. The van der Waals surface area contributed by atoms with E-state index < -0.39 is 17.3 Å². The number of nitrogens with zero attached hydrogens (tertiary/aromatic N) is 3. The lowest BCUT2D eigenvalue weighted by Gasteiger charge is -1.98. The molecule has 2 heterocycles. The van der Waals surface area contributed by atoms with Crippen LogP contribution in [0.2, 0.25) is 0 Å². The zero-order valence-electron chi connectivity index (χ0n) is 12.8. The number of amides is 1. The first-order chi connectivity index (χ1) is 11.9. The summed E-state index contributed by atoms with van der Waals surface area (Å²) in [6.07, 6.45) is -2.26. The first-order valence-electron chi connectivity index (χ1n) is 7.06. The fourth-order valence-corrected chi connectivity index (χ4v) is 3.63. The van der Waals surface area contributed by atoms with Crippen molar-refractivity contribution in [3.8, 4) is 0 Å². The highest BCUT2D eigenvalue weighted by atomic mass is 32.1. The van der Waals surface area contributed by atoms with Crippen molar-refractivity contribution in [3.63, 3.8) is 0 Å². The molecule has 0 unspecified atom stereocenters. The molecule has 1 aromatic carbocycles. The minimum absolute atomic E-state index is 0.00758. The summed E-state index contributed by atoms with van der Waals surface area (Å²) in [7, 11) is 0. The zero-order valence-corrected chi connectivity index (χ0v) is 14.4. The number of thiazole rings is 1. The number of aromatic nitrogens is 3. The second-order valence-electron chi connectivity index (χ2n) is 5.03. The van der Waals surface area contributed by atoms with Crippen molar-refractivity contribution in [2.75, 3.05) is 5.32 Å². The molecule has 10 heteroatoms. The van der Waals surface area contributed by atoms with Gasteiger partial charge in [0, 0.05) is 6.42 Å². The Morgan fingerprint density at radius 1 is 1.20 bits per heavy atom. The van der Waals surface area contributed by atoms with Gasteiger partial charge < -0.3 is 0 Å². The highest BCUT2D eigenvalue weighted by Crippen LogP contribution is 2.27. The van der Waals surface area contributed by atoms with E-state index in [4.69, 9.17) is 0 Å². The third kappa shape index (κ3) is 4.20. The summed E-state index contributed by atoms with van der Waals surface area (Å²) in [5.74, 6) is -0.795. The van der Waals surface area contributed by atoms with Crippen LogP contribution in [0.3, 0.4) is 0 Å². The predicted molar refractivity (Wildman–Crippen MR) is 88.9 cm³/mol. The smallest absolute Gasteiger partial charge is 0.291 e. The number of carbonyl (C=O) groups excluding carboxylic acids is 1. The van der Waals surface area contributed by atoms with E-state index in [-0.39, 0.29) is 10.9 Å². The van der Waals surface area contributed by atoms with Crippen LogP contribution in [0, 0.1) is 12.7 Å². The molecule has 0 fully saturated rings. The summed E-state index contributed by atoms with van der Waals surface area (Å²) in [5, 5.41) is 9.54. The van der Waals surface area contributed by atoms with Crippen molar-refractivity contribution < 1.29 is 18.0 Å². The highest BCUT2D eigenvalue weighted by Gasteiger charge is 2.19. The molecule has 0 saturated heterocycles. The Bertz CT molecular complexity index is 893. The van der Waals surface area contributed by atoms with Crippen molar-refractivity contribution in [1.29, 1.82) is 0 Å². The Morgan fingerprint density at radius 2 is 1.92 bits per heavy atom. The number of rotatable bonds is 5. The molecule has 25 heavy (non-hydrogen) atoms. The van der Waals surface area contributed by atoms with Gasteiger partial charge in [-0.1, -0.05) is 23.5 Å². The molecule has 130 valence electrons. The Morgan fingerprint density at radius 3 is 2.56 bits per heavy atom. The van der Waals surface area contributed by atoms with Gasteiger partial charge in [-0.3, -0.25) is 10.1 Å². The van der Waals surface area contributed by atoms with Gasteiger partial charge >= 0.3 is 0 Å². The lowest BCUT2D eigenvalue weighted by Crippen LogP contribution is -2.11. The van der Waals surface area contributed by atoms with Crippen LogP contribution in [0.1, 0.15) is 37.4 Å². The van der Waals surface area contributed by atoms with Crippen LogP contribution in [-0.2, 0) is 6.42 Å². The van der Waals surface area contributed by atoms with E-state index in [9.17, 15) is 18.0 Å². The first kappa shape index (κ1) is 17.5. The van der Waals surface area contributed by atoms with E-state index in [0.717, 1.165) is 5.56 Å². The Balaban J connectivity index is 1.72. The maximum atomic E-state index is 12.9. The van der Waals surface area contributed by atoms with Gasteiger partial charge in [0.05, 0.1) is 10.7 Å². The first-order valence-corrected chi connectivity index (χ1v) is 8.69. The Hall–Kier alpha value is -2.33. The van der Waals surface area contributed by atoms with Gasteiger partial charge in [-0.15, -0.1) is 21.5 Å². The van der Waals surface area contributed by atoms with Crippen molar-refractivity contribution in [2.24, 2.45) is 0 Å². The fraction of sp³-hybridized carbons (Fsp3) is 0.200. The Kier molecular flexibility index (Phi) is 5.09. The molecule has 0 aliphatic carbocycles. The summed E-state index contributed by atoms with van der Waals surface area (Å²) in [6, 6.07) is 6.02. The molecule has 0 saturated carbocycles. The van der Waals surface area contributed by atoms with Crippen LogP contribution in [0.25, 0.3) is 0 Å². The third-order valence-electron chi connectivity index (χ3n) is 3.16. The normalized spacial score (nSPS) is 11.1. The zero-order chi connectivity index (χ0) is 18.0. The second-order valence-corrected chi connectivity index (χ2v) is 7.12. The number of aryl methyl sites for hydroxylation is 1. The third-order valence-corrected chi connectivity index (χ3v) is 5.17. The predicted octanol–water partition coefficient (Wildman–Crippen LogP) is 4.22. The lowest BCUT2D eigenvalue weighted by atomic mass is 10.1. The second kappa shape index (κ2) is 7.28. The number of hydrogen-bond acceptors (Lipinski definition) is 6. The van der Waals surface area contributed by atoms with E-state index in [1.165, 1.54) is 23.5 Å². The summed E-state index contributed by atoms with van der Waals surface area (Å²) >= 11 is 1.82. The standard InChI is InChI=1S/C15H11F3N4OS2/c1-7-11(13(23)20-15-22-21-14(25-15)12(17)18)24-10(19-7)6-8-2-4-9(16)5-3-8/h2-5,12H,6H2,1H3,(H,20,22,23). The molecule has 1 amide bonds. The number of anilines is 1. The molecule has 3 aromatic rings. The van der Waals surface area contributed by atoms with Crippen molar-refractivity contribution in [2.45, 2.75) is 19.8 Å². The van der Waals surface area contributed by atoms with Crippen LogP contribution in [-0.4, -0.2) is 21.1 Å². The van der Waals surface area contributed by atoms with Crippen molar-refractivity contribution in [3.05, 3.63) is 56.2 Å². The maximum absolute atomic E-state index is 12.9. The average Bonchev–Trinajstić information content (AvgIpc) is 3.16. The molecule has 0 aliphatic heterocycles. The molecule has 0 spiro atoms. The summed E-state index contributed by atoms with van der Waals surface area (Å²) in [4.78, 5) is 17.0. The number of benzene rings is 1. The van der Waals surface area contributed by atoms with Gasteiger partial charge in [-0.2, -0.15) is 0 Å². The number of hydrogen-bond donors (Lipinski definition) is 1. The van der Waals surface area contributed by atoms with Crippen LogP contribution in [0.4, 0.5) is 18.3 Å². The van der Waals surface area contributed by atoms with Crippen molar-refractivity contribution in [1.82, 2.24) is 15.2 Å². The van der Waals surface area contributed by atoms with Gasteiger partial charge in [0.2, 0.25) is 5.13 Å². The van der Waals surface area contributed by atoms with E-state index in [0.29, 0.717) is 33.3 Å². The Labute approximate surface area is 148 Å². The topological polar surface area (TPSA) is 67.8 Å². The maximum Gasteiger partial charge on any atom is 0.291 e. The molecule has 5 nitrogen and oxygen atoms in total. The molecule has 1 N–H and O–H groups in total.